The van der Waals surface area contributed by atoms with Crippen molar-refractivity contribution < 1.29 is 8.42 Å². The van der Waals surface area contributed by atoms with Crippen LogP contribution in [0.2, 0.25) is 0 Å². The quantitative estimate of drug-likeness (QED) is 0.731. The van der Waals surface area contributed by atoms with Crippen molar-refractivity contribution >= 4 is 32.4 Å². The Morgan fingerprint density at radius 1 is 1.55 bits per heavy atom. The molecule has 0 spiro atoms. The van der Waals surface area contributed by atoms with Crippen LogP contribution >= 0.6 is 22.6 Å². The second-order valence-electron chi connectivity index (χ2n) is 2.14. The van der Waals surface area contributed by atoms with Gasteiger partial charge in [0.1, 0.15) is 0 Å². The molecule has 1 aromatic rings. The number of benzene rings is 1. The minimum absolute atomic E-state index is 0.254. The topological polar surface area (TPSA) is 34.1 Å². The van der Waals surface area contributed by atoms with Crippen LogP contribution in [-0.4, -0.2) is 14.7 Å². The number of halogens is 1. The highest BCUT2D eigenvalue weighted by molar-refractivity contribution is 14.1. The molecule has 0 aromatic heterocycles. The first-order chi connectivity index (χ1) is 5.00. The van der Waals surface area contributed by atoms with E-state index in [0.717, 1.165) is 3.57 Å². The summed E-state index contributed by atoms with van der Waals surface area (Å²) < 4.78 is 22.8. The summed E-state index contributed by atoms with van der Waals surface area (Å²) in [6.07, 6.45) is 1.18. The minimum Gasteiger partial charge on any atom is -0.224 e. The van der Waals surface area contributed by atoms with Crippen molar-refractivity contribution in [3.05, 3.63) is 27.8 Å². The highest BCUT2D eigenvalue weighted by Gasteiger charge is 2.05. The van der Waals surface area contributed by atoms with E-state index in [-0.39, 0.29) is 4.90 Å². The summed E-state index contributed by atoms with van der Waals surface area (Å²) in [5.41, 5.74) is 0. The molecular formula is C7H6IO2S. The van der Waals surface area contributed by atoms with Crippen LogP contribution in [-0.2, 0) is 9.84 Å². The summed E-state index contributed by atoms with van der Waals surface area (Å²) in [4.78, 5) is 0.254. The van der Waals surface area contributed by atoms with Crippen molar-refractivity contribution in [2.24, 2.45) is 0 Å². The molecule has 59 valence electrons. The normalized spacial score (nSPS) is 11.5. The van der Waals surface area contributed by atoms with Crippen LogP contribution < -0.4 is 0 Å². The van der Waals surface area contributed by atoms with Gasteiger partial charge in [0.05, 0.1) is 4.90 Å². The Bertz CT molecular complexity index is 356. The van der Waals surface area contributed by atoms with Crippen molar-refractivity contribution in [1.82, 2.24) is 0 Å². The van der Waals surface area contributed by atoms with Crippen LogP contribution in [0.25, 0.3) is 0 Å². The first-order valence-corrected chi connectivity index (χ1v) is 5.84. The predicted octanol–water partition coefficient (Wildman–Crippen LogP) is 1.49. The van der Waals surface area contributed by atoms with E-state index in [1.165, 1.54) is 6.26 Å². The molecule has 0 heterocycles. The summed E-state index contributed by atoms with van der Waals surface area (Å²) in [7, 11) is -3.09. The van der Waals surface area contributed by atoms with Gasteiger partial charge in [-0.1, -0.05) is 6.07 Å². The van der Waals surface area contributed by atoms with Gasteiger partial charge in [-0.05, 0) is 34.7 Å². The van der Waals surface area contributed by atoms with Gasteiger partial charge in [0.2, 0.25) is 0 Å². The SMILES string of the molecule is CS(=O)(=O)c1[c]ccc(I)c1. The molecular weight excluding hydrogens is 275 g/mol. The smallest absolute Gasteiger partial charge is 0.176 e. The van der Waals surface area contributed by atoms with Crippen molar-refractivity contribution in [1.29, 1.82) is 0 Å². The van der Waals surface area contributed by atoms with Crippen molar-refractivity contribution in [2.45, 2.75) is 4.90 Å². The minimum atomic E-state index is -3.09. The van der Waals surface area contributed by atoms with E-state index in [9.17, 15) is 8.42 Å². The molecule has 0 unspecified atom stereocenters. The van der Waals surface area contributed by atoms with Crippen LogP contribution in [0.15, 0.2) is 23.1 Å². The molecule has 1 radical (unpaired) electrons. The third-order valence-electron chi connectivity index (χ3n) is 1.14. The molecule has 0 saturated carbocycles. The predicted molar refractivity (Wildman–Crippen MR) is 51.1 cm³/mol. The lowest BCUT2D eigenvalue weighted by atomic mass is 10.4. The van der Waals surface area contributed by atoms with Crippen molar-refractivity contribution in [2.75, 3.05) is 6.26 Å². The zero-order valence-corrected chi connectivity index (χ0v) is 8.81. The van der Waals surface area contributed by atoms with Gasteiger partial charge in [-0.3, -0.25) is 0 Å². The van der Waals surface area contributed by atoms with Crippen molar-refractivity contribution in [3.63, 3.8) is 0 Å². The van der Waals surface area contributed by atoms with Crippen molar-refractivity contribution in [3.8, 4) is 0 Å². The molecule has 1 rings (SSSR count). The Morgan fingerprint density at radius 3 is 2.55 bits per heavy atom. The Kier molecular flexibility index (Phi) is 2.54. The fraction of sp³-hybridized carbons (Fsp3) is 0.143. The van der Waals surface area contributed by atoms with Gasteiger partial charge < -0.3 is 0 Å². The molecule has 0 aliphatic rings. The van der Waals surface area contributed by atoms with E-state index >= 15 is 0 Å². The average molecular weight is 281 g/mol. The van der Waals surface area contributed by atoms with Crippen LogP contribution in [0.3, 0.4) is 0 Å². The average Bonchev–Trinajstić information content (AvgIpc) is 1.86. The van der Waals surface area contributed by atoms with E-state index in [2.05, 4.69) is 28.7 Å². The standard InChI is InChI=1S/C7H6IO2S/c1-11(9,10)7-4-2-3-6(8)5-7/h2-3,5H,1H3. The van der Waals surface area contributed by atoms with Gasteiger partial charge in [-0.15, -0.1) is 0 Å². The van der Waals surface area contributed by atoms with E-state index in [4.69, 9.17) is 0 Å². The molecule has 0 aliphatic carbocycles. The first kappa shape index (κ1) is 8.99. The summed E-state index contributed by atoms with van der Waals surface area (Å²) in [5, 5.41) is 0. The lowest BCUT2D eigenvalue weighted by Crippen LogP contribution is -1.96. The molecule has 11 heavy (non-hydrogen) atoms. The number of hydrogen-bond donors (Lipinski definition) is 0. The molecule has 0 saturated heterocycles. The molecule has 0 bridgehead atoms. The van der Waals surface area contributed by atoms with E-state index in [1.54, 1.807) is 18.2 Å². The third-order valence-corrected chi connectivity index (χ3v) is 2.84. The van der Waals surface area contributed by atoms with Gasteiger partial charge in [-0.25, -0.2) is 8.42 Å². The third kappa shape index (κ3) is 2.44. The number of rotatable bonds is 1. The molecule has 4 heteroatoms. The molecule has 2 nitrogen and oxygen atoms in total. The summed E-state index contributed by atoms with van der Waals surface area (Å²) in [6, 6.07) is 7.66. The maximum absolute atomic E-state index is 11.0. The van der Waals surface area contributed by atoms with E-state index in [0.29, 0.717) is 0 Å². The molecule has 0 aliphatic heterocycles. The highest BCUT2D eigenvalue weighted by Crippen LogP contribution is 2.11. The van der Waals surface area contributed by atoms with Crippen LogP contribution in [0, 0.1) is 9.64 Å². The van der Waals surface area contributed by atoms with Gasteiger partial charge in [0.15, 0.2) is 9.84 Å². The summed E-state index contributed by atoms with van der Waals surface area (Å²) >= 11 is 2.06. The van der Waals surface area contributed by atoms with E-state index in [1.807, 2.05) is 0 Å². The Hall–Kier alpha value is -0.100. The monoisotopic (exact) mass is 281 g/mol. The summed E-state index contributed by atoms with van der Waals surface area (Å²) in [5.74, 6) is 0. The lowest BCUT2D eigenvalue weighted by Gasteiger charge is -1.96. The highest BCUT2D eigenvalue weighted by atomic mass is 127. The fourth-order valence-corrected chi connectivity index (χ4v) is 1.96. The molecule has 0 amide bonds. The number of hydrogen-bond acceptors (Lipinski definition) is 2. The van der Waals surface area contributed by atoms with Gasteiger partial charge >= 0.3 is 0 Å². The Morgan fingerprint density at radius 2 is 2.18 bits per heavy atom. The van der Waals surface area contributed by atoms with Crippen LogP contribution in [0.4, 0.5) is 0 Å². The zero-order chi connectivity index (χ0) is 8.48. The first-order valence-electron chi connectivity index (χ1n) is 2.87. The summed E-state index contributed by atoms with van der Waals surface area (Å²) in [6.45, 7) is 0. The number of sulfone groups is 1. The molecule has 0 N–H and O–H groups in total. The molecule has 1 aromatic carbocycles. The van der Waals surface area contributed by atoms with Crippen LogP contribution in [0.1, 0.15) is 0 Å². The van der Waals surface area contributed by atoms with Gasteiger partial charge in [0, 0.05) is 15.9 Å². The molecule has 0 fully saturated rings. The van der Waals surface area contributed by atoms with E-state index < -0.39 is 9.84 Å². The van der Waals surface area contributed by atoms with Gasteiger partial charge in [0.25, 0.3) is 0 Å². The Labute approximate surface area is 79.7 Å². The second-order valence-corrected chi connectivity index (χ2v) is 5.37. The van der Waals surface area contributed by atoms with Crippen LogP contribution in [0.5, 0.6) is 0 Å². The largest absolute Gasteiger partial charge is 0.224 e. The fourth-order valence-electron chi connectivity index (χ4n) is 0.633. The zero-order valence-electron chi connectivity index (χ0n) is 5.83. The second kappa shape index (κ2) is 3.10. The molecule has 0 atom stereocenters. The maximum Gasteiger partial charge on any atom is 0.176 e. The maximum atomic E-state index is 11.0. The Balaban J connectivity index is 3.28. The van der Waals surface area contributed by atoms with Gasteiger partial charge in [-0.2, -0.15) is 0 Å². The lowest BCUT2D eigenvalue weighted by molar-refractivity contribution is 0.601.